The third-order valence-corrected chi connectivity index (χ3v) is 3.83. The molecule has 0 aromatic carbocycles. The zero-order valence-corrected chi connectivity index (χ0v) is 12.0. The van der Waals surface area contributed by atoms with Crippen LogP contribution in [0.3, 0.4) is 0 Å². The van der Waals surface area contributed by atoms with Gasteiger partial charge in [-0.05, 0) is 38.0 Å². The molecule has 106 valence electrons. The van der Waals surface area contributed by atoms with Crippen LogP contribution in [-0.2, 0) is 4.79 Å². The Morgan fingerprint density at radius 3 is 2.50 bits per heavy atom. The van der Waals surface area contributed by atoms with Crippen molar-refractivity contribution in [2.24, 2.45) is 5.92 Å². The number of hydrogen-bond acceptors (Lipinski definition) is 2. The van der Waals surface area contributed by atoms with Gasteiger partial charge in [-0.15, -0.1) is 0 Å². The Morgan fingerprint density at radius 1 is 1.28 bits per heavy atom. The second kappa shape index (κ2) is 8.52. The molecule has 3 heteroatoms. The van der Waals surface area contributed by atoms with E-state index in [-0.39, 0.29) is 6.61 Å². The maximum absolute atomic E-state index is 12.3. The number of aliphatic hydroxyl groups is 1. The minimum Gasteiger partial charge on any atom is -0.396 e. The quantitative estimate of drug-likeness (QED) is 0.677. The molecule has 0 heterocycles. The molecule has 0 unspecified atom stereocenters. The van der Waals surface area contributed by atoms with Gasteiger partial charge in [0.1, 0.15) is 0 Å². The third-order valence-electron chi connectivity index (χ3n) is 3.83. The maximum Gasteiger partial charge on any atom is 0.222 e. The predicted molar refractivity (Wildman–Crippen MR) is 74.4 cm³/mol. The molecule has 0 aromatic rings. The molecule has 18 heavy (non-hydrogen) atoms. The average molecular weight is 255 g/mol. The van der Waals surface area contributed by atoms with Gasteiger partial charge in [0.15, 0.2) is 0 Å². The summed E-state index contributed by atoms with van der Waals surface area (Å²) in [4.78, 5) is 14.4. The Morgan fingerprint density at radius 2 is 1.94 bits per heavy atom. The van der Waals surface area contributed by atoms with Crippen molar-refractivity contribution in [3.05, 3.63) is 0 Å². The van der Waals surface area contributed by atoms with Gasteiger partial charge in [0.2, 0.25) is 5.91 Å². The zero-order valence-electron chi connectivity index (χ0n) is 12.0. The summed E-state index contributed by atoms with van der Waals surface area (Å²) in [6.07, 6.45) is 8.18. The van der Waals surface area contributed by atoms with Gasteiger partial charge in [-0.2, -0.15) is 0 Å². The molecule has 1 amide bonds. The Kier molecular flexibility index (Phi) is 7.33. The number of carbonyl (C=O) groups is 1. The lowest BCUT2D eigenvalue weighted by Crippen LogP contribution is -2.39. The summed E-state index contributed by atoms with van der Waals surface area (Å²) in [6, 6.07) is 0.491. The molecule has 0 bridgehead atoms. The second-order valence-corrected chi connectivity index (χ2v) is 5.89. The van der Waals surface area contributed by atoms with Crippen molar-refractivity contribution in [3.63, 3.8) is 0 Å². The van der Waals surface area contributed by atoms with E-state index in [9.17, 15) is 4.79 Å². The van der Waals surface area contributed by atoms with Crippen LogP contribution in [0.1, 0.15) is 65.2 Å². The Hall–Kier alpha value is -0.570. The molecule has 1 N–H and O–H groups in total. The first-order valence-corrected chi connectivity index (χ1v) is 7.55. The summed E-state index contributed by atoms with van der Waals surface area (Å²) in [5, 5.41) is 8.78. The molecule has 1 aliphatic rings. The number of unbranched alkanes of at least 4 members (excludes halogenated alkanes) is 1. The van der Waals surface area contributed by atoms with Crippen molar-refractivity contribution in [2.45, 2.75) is 71.3 Å². The van der Waals surface area contributed by atoms with Crippen LogP contribution in [0, 0.1) is 5.92 Å². The van der Waals surface area contributed by atoms with Crippen molar-refractivity contribution >= 4 is 5.91 Å². The third kappa shape index (κ3) is 5.38. The Bertz CT molecular complexity index is 235. The molecule has 0 aromatic heterocycles. The van der Waals surface area contributed by atoms with Gasteiger partial charge in [0.25, 0.3) is 0 Å². The van der Waals surface area contributed by atoms with Gasteiger partial charge in [-0.3, -0.25) is 4.79 Å². The highest BCUT2D eigenvalue weighted by atomic mass is 16.3. The van der Waals surface area contributed by atoms with Crippen LogP contribution in [0.2, 0.25) is 0 Å². The van der Waals surface area contributed by atoms with Crippen LogP contribution in [0.25, 0.3) is 0 Å². The number of nitrogens with zero attached hydrogens (tertiary/aromatic N) is 1. The largest absolute Gasteiger partial charge is 0.396 e. The zero-order chi connectivity index (χ0) is 13.4. The highest BCUT2D eigenvalue weighted by Gasteiger charge is 2.25. The summed E-state index contributed by atoms with van der Waals surface area (Å²) in [5.41, 5.74) is 0. The minimum absolute atomic E-state index is 0.197. The van der Waals surface area contributed by atoms with Crippen molar-refractivity contribution in [1.29, 1.82) is 0 Å². The highest BCUT2D eigenvalue weighted by Crippen LogP contribution is 2.25. The Balaban J connectivity index is 2.44. The standard InChI is InChI=1S/C15H29NO2/c1-13(2)10-11-16(14-7-3-4-8-14)15(18)9-5-6-12-17/h13-14,17H,3-12H2,1-2H3. The summed E-state index contributed by atoms with van der Waals surface area (Å²) < 4.78 is 0. The van der Waals surface area contributed by atoms with Crippen molar-refractivity contribution in [3.8, 4) is 0 Å². The van der Waals surface area contributed by atoms with Crippen LogP contribution >= 0.6 is 0 Å². The first-order chi connectivity index (χ1) is 8.65. The molecule has 3 nitrogen and oxygen atoms in total. The lowest BCUT2D eigenvalue weighted by atomic mass is 10.1. The van der Waals surface area contributed by atoms with Crippen LogP contribution in [0.5, 0.6) is 0 Å². The fourth-order valence-electron chi connectivity index (χ4n) is 2.66. The van der Waals surface area contributed by atoms with Gasteiger partial charge in [-0.1, -0.05) is 26.7 Å². The van der Waals surface area contributed by atoms with E-state index < -0.39 is 0 Å². The normalized spacial score (nSPS) is 16.4. The molecule has 0 aliphatic heterocycles. The molecular weight excluding hydrogens is 226 g/mol. The molecule has 1 aliphatic carbocycles. The number of amides is 1. The molecule has 0 saturated heterocycles. The summed E-state index contributed by atoms with van der Waals surface area (Å²) in [6.45, 7) is 5.54. The SMILES string of the molecule is CC(C)CCN(C(=O)CCCCO)C1CCCC1. The van der Waals surface area contributed by atoms with Crippen LogP contribution in [0.15, 0.2) is 0 Å². The molecular formula is C15H29NO2. The van der Waals surface area contributed by atoms with E-state index in [1.54, 1.807) is 0 Å². The van der Waals surface area contributed by atoms with Gasteiger partial charge in [-0.25, -0.2) is 0 Å². The van der Waals surface area contributed by atoms with E-state index in [1.807, 2.05) is 0 Å². The lowest BCUT2D eigenvalue weighted by Gasteiger charge is -2.30. The fourth-order valence-corrected chi connectivity index (χ4v) is 2.66. The van der Waals surface area contributed by atoms with Gasteiger partial charge >= 0.3 is 0 Å². The predicted octanol–water partition coefficient (Wildman–Crippen LogP) is 2.97. The highest BCUT2D eigenvalue weighted by molar-refractivity contribution is 5.76. The summed E-state index contributed by atoms with van der Waals surface area (Å²) >= 11 is 0. The molecule has 1 saturated carbocycles. The lowest BCUT2D eigenvalue weighted by molar-refractivity contribution is -0.133. The Labute approximate surface area is 112 Å². The van der Waals surface area contributed by atoms with E-state index in [0.717, 1.165) is 25.8 Å². The topological polar surface area (TPSA) is 40.5 Å². The van der Waals surface area contributed by atoms with Gasteiger partial charge < -0.3 is 10.0 Å². The van der Waals surface area contributed by atoms with E-state index >= 15 is 0 Å². The van der Waals surface area contributed by atoms with E-state index in [2.05, 4.69) is 18.7 Å². The molecule has 0 atom stereocenters. The fraction of sp³-hybridized carbons (Fsp3) is 0.933. The number of carbonyl (C=O) groups excluding carboxylic acids is 1. The first-order valence-electron chi connectivity index (χ1n) is 7.55. The summed E-state index contributed by atoms with van der Waals surface area (Å²) in [7, 11) is 0. The van der Waals surface area contributed by atoms with Crippen molar-refractivity contribution in [2.75, 3.05) is 13.2 Å². The molecule has 1 rings (SSSR count). The second-order valence-electron chi connectivity index (χ2n) is 5.89. The first kappa shape index (κ1) is 15.5. The smallest absolute Gasteiger partial charge is 0.222 e. The van der Waals surface area contributed by atoms with Crippen molar-refractivity contribution in [1.82, 2.24) is 4.90 Å². The van der Waals surface area contributed by atoms with Crippen LogP contribution < -0.4 is 0 Å². The number of hydrogen-bond donors (Lipinski definition) is 1. The van der Waals surface area contributed by atoms with Crippen LogP contribution in [0.4, 0.5) is 0 Å². The monoisotopic (exact) mass is 255 g/mol. The number of rotatable bonds is 8. The summed E-state index contributed by atoms with van der Waals surface area (Å²) in [5.74, 6) is 0.954. The van der Waals surface area contributed by atoms with E-state index in [4.69, 9.17) is 5.11 Å². The molecule has 1 fully saturated rings. The molecule has 0 spiro atoms. The maximum atomic E-state index is 12.3. The van der Waals surface area contributed by atoms with Crippen LogP contribution in [-0.4, -0.2) is 35.1 Å². The minimum atomic E-state index is 0.197. The number of aliphatic hydroxyl groups excluding tert-OH is 1. The van der Waals surface area contributed by atoms with Gasteiger partial charge in [0.05, 0.1) is 0 Å². The van der Waals surface area contributed by atoms with E-state index in [0.29, 0.717) is 24.3 Å². The van der Waals surface area contributed by atoms with Crippen molar-refractivity contribution < 1.29 is 9.90 Å². The van der Waals surface area contributed by atoms with Gasteiger partial charge in [0, 0.05) is 25.6 Å². The van der Waals surface area contributed by atoms with E-state index in [1.165, 1.54) is 25.7 Å². The average Bonchev–Trinajstić information content (AvgIpc) is 2.83. The molecule has 0 radical (unpaired) electrons.